The van der Waals surface area contributed by atoms with Gasteiger partial charge >= 0.3 is 0 Å². The molecule has 1 saturated carbocycles. The van der Waals surface area contributed by atoms with Crippen LogP contribution in [0, 0.1) is 5.41 Å². The largest absolute Gasteiger partial charge is 0.321 e. The van der Waals surface area contributed by atoms with Crippen molar-refractivity contribution in [1.82, 2.24) is 20.2 Å². The maximum absolute atomic E-state index is 13.0. The smallest absolute Gasteiger partial charge is 0.168 e. The molecule has 72 valence electrons. The van der Waals surface area contributed by atoms with Gasteiger partial charge in [-0.25, -0.2) is 9.07 Å². The van der Waals surface area contributed by atoms with E-state index in [0.29, 0.717) is 12.2 Å². The van der Waals surface area contributed by atoms with Crippen LogP contribution in [0.2, 0.25) is 0 Å². The van der Waals surface area contributed by atoms with Crippen molar-refractivity contribution in [2.75, 3.05) is 0 Å². The number of tetrazole rings is 1. The van der Waals surface area contributed by atoms with E-state index in [1.54, 1.807) is 7.05 Å². The van der Waals surface area contributed by atoms with Crippen LogP contribution >= 0.6 is 0 Å². The first-order valence-corrected chi connectivity index (χ1v) is 4.17. The van der Waals surface area contributed by atoms with Gasteiger partial charge in [0.1, 0.15) is 6.17 Å². The summed E-state index contributed by atoms with van der Waals surface area (Å²) in [5.41, 5.74) is 5.40. The van der Waals surface area contributed by atoms with E-state index in [-0.39, 0.29) is 0 Å². The van der Waals surface area contributed by atoms with Crippen molar-refractivity contribution in [3.63, 3.8) is 0 Å². The molecule has 0 aromatic carbocycles. The number of rotatable bonds is 2. The van der Waals surface area contributed by atoms with Crippen LogP contribution in [0.3, 0.4) is 0 Å². The fourth-order valence-electron chi connectivity index (χ4n) is 1.44. The second-order valence-electron chi connectivity index (χ2n) is 3.82. The monoisotopic (exact) mass is 185 g/mol. The lowest BCUT2D eigenvalue weighted by Gasteiger charge is -2.16. The van der Waals surface area contributed by atoms with Gasteiger partial charge in [0.15, 0.2) is 5.82 Å². The Labute approximate surface area is 75.1 Å². The molecule has 5 nitrogen and oxygen atoms in total. The van der Waals surface area contributed by atoms with Gasteiger partial charge in [-0.2, -0.15) is 0 Å². The normalized spacial score (nSPS) is 34.6. The van der Waals surface area contributed by atoms with E-state index in [9.17, 15) is 4.39 Å². The Hall–Kier alpha value is -1.04. The van der Waals surface area contributed by atoms with E-state index in [0.717, 1.165) is 0 Å². The zero-order valence-electron chi connectivity index (χ0n) is 7.61. The molecular formula is C7H12FN5. The number of nitrogens with two attached hydrogens (primary N) is 1. The molecule has 0 aliphatic heterocycles. The summed E-state index contributed by atoms with van der Waals surface area (Å²) in [5.74, 6) is 0.544. The van der Waals surface area contributed by atoms with Crippen molar-refractivity contribution < 1.29 is 4.39 Å². The first kappa shape index (κ1) is 8.55. The molecule has 1 aromatic heterocycles. The topological polar surface area (TPSA) is 69.6 Å². The predicted octanol–water partition coefficient (Wildman–Crippen LogP) is -0.0420. The van der Waals surface area contributed by atoms with Gasteiger partial charge in [0.25, 0.3) is 0 Å². The van der Waals surface area contributed by atoms with Crippen LogP contribution < -0.4 is 5.73 Å². The van der Waals surface area contributed by atoms with Crippen LogP contribution in [0.5, 0.6) is 0 Å². The van der Waals surface area contributed by atoms with Crippen LogP contribution in [0.15, 0.2) is 0 Å². The van der Waals surface area contributed by atoms with Gasteiger partial charge in [0.05, 0.1) is 6.04 Å². The maximum Gasteiger partial charge on any atom is 0.168 e. The summed E-state index contributed by atoms with van der Waals surface area (Å²) in [6, 6.07) is -0.414. The van der Waals surface area contributed by atoms with Gasteiger partial charge in [-0.05, 0) is 16.8 Å². The van der Waals surface area contributed by atoms with Gasteiger partial charge < -0.3 is 5.73 Å². The second-order valence-corrected chi connectivity index (χ2v) is 3.82. The summed E-state index contributed by atoms with van der Waals surface area (Å²) >= 11 is 0. The lowest BCUT2D eigenvalue weighted by atomic mass is 9.99. The number of alkyl halides is 1. The molecular weight excluding hydrogens is 173 g/mol. The van der Waals surface area contributed by atoms with Crippen LogP contribution in [-0.2, 0) is 7.05 Å². The van der Waals surface area contributed by atoms with Crippen LogP contribution in [0.1, 0.15) is 25.2 Å². The molecule has 1 heterocycles. The zero-order valence-corrected chi connectivity index (χ0v) is 7.61. The van der Waals surface area contributed by atoms with Gasteiger partial charge in [-0.3, -0.25) is 0 Å². The minimum Gasteiger partial charge on any atom is -0.321 e. The van der Waals surface area contributed by atoms with Crippen molar-refractivity contribution >= 4 is 0 Å². The molecule has 1 aliphatic carbocycles. The molecule has 0 saturated heterocycles. The number of hydrogen-bond donors (Lipinski definition) is 1. The van der Waals surface area contributed by atoms with E-state index in [2.05, 4.69) is 15.5 Å². The number of nitrogens with zero attached hydrogens (tertiary/aromatic N) is 4. The highest BCUT2D eigenvalue weighted by Crippen LogP contribution is 2.55. The molecule has 0 spiro atoms. The molecule has 3 unspecified atom stereocenters. The highest BCUT2D eigenvalue weighted by Gasteiger charge is 2.56. The van der Waals surface area contributed by atoms with E-state index < -0.39 is 17.6 Å². The molecule has 1 aliphatic rings. The highest BCUT2D eigenvalue weighted by atomic mass is 19.1. The van der Waals surface area contributed by atoms with Crippen molar-refractivity contribution in [3.8, 4) is 0 Å². The SMILES string of the molecule is Cn1nnnc1C(N)C1(C)CC1F. The molecule has 1 fully saturated rings. The Bertz CT molecular complexity index is 324. The van der Waals surface area contributed by atoms with Gasteiger partial charge in [-0.1, -0.05) is 6.92 Å². The van der Waals surface area contributed by atoms with Gasteiger partial charge in [0, 0.05) is 12.5 Å². The first-order chi connectivity index (χ1) is 6.05. The number of halogens is 1. The van der Waals surface area contributed by atoms with Gasteiger partial charge in [0.2, 0.25) is 0 Å². The standard InChI is InChI=1S/C7H12FN5/c1-7(3-4(7)8)5(9)6-10-11-12-13(6)2/h4-5H,3,9H2,1-2H3. The lowest BCUT2D eigenvalue weighted by molar-refractivity contribution is 0.319. The van der Waals surface area contributed by atoms with E-state index in [1.807, 2.05) is 6.92 Å². The Morgan fingerprint density at radius 1 is 1.77 bits per heavy atom. The molecule has 1 aromatic rings. The van der Waals surface area contributed by atoms with E-state index >= 15 is 0 Å². The second kappa shape index (κ2) is 2.47. The molecule has 13 heavy (non-hydrogen) atoms. The Kier molecular flexibility index (Phi) is 1.63. The van der Waals surface area contributed by atoms with Crippen molar-refractivity contribution in [2.45, 2.75) is 25.6 Å². The third kappa shape index (κ3) is 1.13. The van der Waals surface area contributed by atoms with Gasteiger partial charge in [-0.15, -0.1) is 5.10 Å². The summed E-state index contributed by atoms with van der Waals surface area (Å²) in [6.07, 6.45) is -0.319. The molecule has 0 radical (unpaired) electrons. The van der Waals surface area contributed by atoms with E-state index in [1.165, 1.54) is 4.68 Å². The van der Waals surface area contributed by atoms with Crippen molar-refractivity contribution in [2.24, 2.45) is 18.2 Å². The zero-order chi connectivity index (χ0) is 9.64. The van der Waals surface area contributed by atoms with Crippen molar-refractivity contribution in [1.29, 1.82) is 0 Å². The summed E-state index contributed by atoms with van der Waals surface area (Å²) in [6.45, 7) is 1.82. The molecule has 6 heteroatoms. The predicted molar refractivity (Wildman–Crippen MR) is 43.3 cm³/mol. The van der Waals surface area contributed by atoms with Crippen LogP contribution in [0.4, 0.5) is 4.39 Å². The maximum atomic E-state index is 13.0. The molecule has 2 N–H and O–H groups in total. The van der Waals surface area contributed by atoms with Crippen molar-refractivity contribution in [3.05, 3.63) is 5.82 Å². The first-order valence-electron chi connectivity index (χ1n) is 4.17. The number of hydrogen-bond acceptors (Lipinski definition) is 4. The summed E-state index contributed by atoms with van der Waals surface area (Å²) < 4.78 is 14.5. The molecule has 0 amide bonds. The summed E-state index contributed by atoms with van der Waals surface area (Å²) in [4.78, 5) is 0. The summed E-state index contributed by atoms with van der Waals surface area (Å²) in [5, 5.41) is 10.9. The fourth-order valence-corrected chi connectivity index (χ4v) is 1.44. The lowest BCUT2D eigenvalue weighted by Crippen LogP contribution is -2.25. The Morgan fingerprint density at radius 2 is 2.38 bits per heavy atom. The third-order valence-corrected chi connectivity index (χ3v) is 2.82. The average molecular weight is 185 g/mol. The molecule has 2 rings (SSSR count). The Morgan fingerprint density at radius 3 is 2.77 bits per heavy atom. The third-order valence-electron chi connectivity index (χ3n) is 2.82. The average Bonchev–Trinajstić information content (AvgIpc) is 2.52. The van der Waals surface area contributed by atoms with Crippen LogP contribution in [-0.4, -0.2) is 26.4 Å². The Balaban J connectivity index is 2.24. The molecule has 0 bridgehead atoms. The minimum absolute atomic E-state index is 0.414. The highest BCUT2D eigenvalue weighted by molar-refractivity contribution is 5.12. The summed E-state index contributed by atoms with van der Waals surface area (Å²) in [7, 11) is 1.70. The number of aromatic nitrogens is 4. The fraction of sp³-hybridized carbons (Fsp3) is 0.857. The van der Waals surface area contributed by atoms with Crippen LogP contribution in [0.25, 0.3) is 0 Å². The quantitative estimate of drug-likeness (QED) is 0.701. The van der Waals surface area contributed by atoms with E-state index in [4.69, 9.17) is 5.73 Å². The minimum atomic E-state index is -0.820. The number of aryl methyl sites for hydroxylation is 1. The molecule has 3 atom stereocenters.